The van der Waals surface area contributed by atoms with Gasteiger partial charge < -0.3 is 14.9 Å². The average Bonchev–Trinajstić information content (AvgIpc) is 3.36. The highest BCUT2D eigenvalue weighted by Gasteiger charge is 2.64. The van der Waals surface area contributed by atoms with Crippen molar-refractivity contribution < 1.29 is 29.3 Å². The fraction of sp³-hybridized carbons (Fsp3) is 0.591. The van der Waals surface area contributed by atoms with Crippen molar-refractivity contribution in [3.05, 3.63) is 33.9 Å². The van der Waals surface area contributed by atoms with Gasteiger partial charge in [0.25, 0.3) is 0 Å². The highest BCUT2D eigenvalue weighted by molar-refractivity contribution is 6.10. The van der Waals surface area contributed by atoms with E-state index in [4.69, 9.17) is 9.84 Å². The Morgan fingerprint density at radius 3 is 2.46 bits per heavy atom. The molecular formula is C22H28O6. The van der Waals surface area contributed by atoms with Crippen molar-refractivity contribution in [2.24, 2.45) is 5.41 Å². The van der Waals surface area contributed by atoms with Crippen molar-refractivity contribution in [2.75, 3.05) is 6.61 Å². The molecule has 0 unspecified atom stereocenters. The van der Waals surface area contributed by atoms with E-state index in [-0.39, 0.29) is 37.6 Å². The Labute approximate surface area is 165 Å². The van der Waals surface area contributed by atoms with Gasteiger partial charge in [-0.2, -0.15) is 0 Å². The van der Waals surface area contributed by atoms with Crippen LogP contribution in [-0.2, 0) is 19.1 Å². The van der Waals surface area contributed by atoms with Crippen molar-refractivity contribution >= 4 is 17.7 Å². The topological polar surface area (TPSA) is 101 Å². The number of aliphatic carboxylic acids is 1. The molecule has 0 saturated heterocycles. The van der Waals surface area contributed by atoms with E-state index in [1.54, 1.807) is 6.92 Å². The van der Waals surface area contributed by atoms with Crippen molar-refractivity contribution in [3.63, 3.8) is 0 Å². The molecule has 0 amide bonds. The summed E-state index contributed by atoms with van der Waals surface area (Å²) in [6, 6.07) is 0. The Balaban J connectivity index is 1.61. The summed E-state index contributed by atoms with van der Waals surface area (Å²) in [6.07, 6.45) is 5.20. The van der Waals surface area contributed by atoms with E-state index < -0.39 is 17.0 Å². The molecule has 3 rings (SSSR count). The van der Waals surface area contributed by atoms with Gasteiger partial charge in [-0.25, -0.2) is 0 Å². The molecule has 1 spiro atoms. The number of carboxylic acid groups (broad SMARTS) is 1. The molecule has 0 heterocycles. The summed E-state index contributed by atoms with van der Waals surface area (Å²) in [6.45, 7) is 5.90. The third-order valence-corrected chi connectivity index (χ3v) is 6.48. The molecule has 6 heteroatoms. The van der Waals surface area contributed by atoms with Gasteiger partial charge in [0.15, 0.2) is 5.78 Å². The largest absolute Gasteiger partial charge is 0.481 e. The molecule has 3 aliphatic carbocycles. The Hall–Kier alpha value is -2.21. The molecule has 0 aromatic heterocycles. The Bertz CT molecular complexity index is 820. The maximum absolute atomic E-state index is 12.9. The molecule has 0 aromatic carbocycles. The zero-order valence-electron chi connectivity index (χ0n) is 16.8. The van der Waals surface area contributed by atoms with Crippen LogP contribution < -0.4 is 0 Å². The van der Waals surface area contributed by atoms with E-state index in [2.05, 4.69) is 0 Å². The van der Waals surface area contributed by atoms with Crippen LogP contribution in [0.4, 0.5) is 0 Å². The SMILES string of the molecule is CC1=C(CCCOC(=O)CCCC(=O)O)C2=C(C)C3(CC3)[C@@](C)(O)C(=O)C2=C1. The molecular weight excluding hydrogens is 360 g/mol. The van der Waals surface area contributed by atoms with E-state index in [1.165, 1.54) is 0 Å². The molecule has 1 fully saturated rings. The molecule has 0 bridgehead atoms. The minimum absolute atomic E-state index is 0.0391. The van der Waals surface area contributed by atoms with Crippen LogP contribution in [-0.4, -0.2) is 40.1 Å². The number of carbonyl (C=O) groups excluding carboxylic acids is 2. The normalized spacial score (nSPS) is 25.1. The number of ether oxygens (including phenoxy) is 1. The highest BCUT2D eigenvalue weighted by atomic mass is 16.5. The third kappa shape index (κ3) is 3.34. The lowest BCUT2D eigenvalue weighted by Gasteiger charge is -2.39. The molecule has 28 heavy (non-hydrogen) atoms. The molecule has 1 saturated carbocycles. The lowest BCUT2D eigenvalue weighted by atomic mass is 9.67. The van der Waals surface area contributed by atoms with Crippen LogP contribution in [0.1, 0.15) is 65.7 Å². The molecule has 3 aliphatic rings. The second kappa shape index (κ2) is 7.32. The first kappa shape index (κ1) is 20.5. The number of allylic oxidation sites excluding steroid dienone is 4. The van der Waals surface area contributed by atoms with Gasteiger partial charge in [0.1, 0.15) is 5.60 Å². The predicted molar refractivity (Wildman–Crippen MR) is 102 cm³/mol. The van der Waals surface area contributed by atoms with Crippen LogP contribution in [0.2, 0.25) is 0 Å². The van der Waals surface area contributed by atoms with E-state index in [0.29, 0.717) is 18.4 Å². The monoisotopic (exact) mass is 388 g/mol. The first-order valence-corrected chi connectivity index (χ1v) is 9.90. The number of esters is 1. The summed E-state index contributed by atoms with van der Waals surface area (Å²) in [7, 11) is 0. The number of hydrogen-bond donors (Lipinski definition) is 2. The first-order valence-electron chi connectivity index (χ1n) is 9.90. The third-order valence-electron chi connectivity index (χ3n) is 6.48. The maximum atomic E-state index is 12.9. The van der Waals surface area contributed by atoms with Gasteiger partial charge >= 0.3 is 11.9 Å². The summed E-state index contributed by atoms with van der Waals surface area (Å²) >= 11 is 0. The van der Waals surface area contributed by atoms with Crippen LogP contribution in [0.5, 0.6) is 0 Å². The van der Waals surface area contributed by atoms with Gasteiger partial charge in [-0.05, 0) is 75.7 Å². The van der Waals surface area contributed by atoms with E-state index >= 15 is 0 Å². The van der Waals surface area contributed by atoms with Crippen LogP contribution in [0.25, 0.3) is 0 Å². The summed E-state index contributed by atoms with van der Waals surface area (Å²) in [4.78, 5) is 35.0. The lowest BCUT2D eigenvalue weighted by molar-refractivity contribution is -0.144. The summed E-state index contributed by atoms with van der Waals surface area (Å²) in [5, 5.41) is 19.5. The van der Waals surface area contributed by atoms with Crippen LogP contribution in [0, 0.1) is 5.41 Å². The number of carbonyl (C=O) groups is 3. The number of carboxylic acids is 1. The number of Topliss-reactive ketones (excluding diaryl/α,β-unsaturated/α-hetero) is 1. The second-order valence-corrected chi connectivity index (χ2v) is 8.27. The van der Waals surface area contributed by atoms with E-state index in [1.807, 2.05) is 19.9 Å². The number of hydrogen-bond acceptors (Lipinski definition) is 5. The summed E-state index contributed by atoms with van der Waals surface area (Å²) in [5.74, 6) is -1.49. The highest BCUT2D eigenvalue weighted by Crippen LogP contribution is 2.65. The quantitative estimate of drug-likeness (QED) is 0.489. The standard InChI is InChI=1S/C22H28O6/c1-13-12-16-19(14(2)22(9-10-22)21(3,27)20(16)26)15(13)6-5-11-28-18(25)8-4-7-17(23)24/h12,27H,4-11H2,1-3H3,(H,23,24)/t21-/m0/s1. The predicted octanol–water partition coefficient (Wildman–Crippen LogP) is 3.25. The van der Waals surface area contributed by atoms with Gasteiger partial charge in [-0.1, -0.05) is 5.57 Å². The number of ketones is 1. The lowest BCUT2D eigenvalue weighted by Crippen LogP contribution is -2.49. The zero-order chi connectivity index (χ0) is 20.7. The summed E-state index contributed by atoms with van der Waals surface area (Å²) < 4.78 is 5.19. The van der Waals surface area contributed by atoms with Crippen molar-refractivity contribution in [3.8, 4) is 0 Å². The molecule has 0 radical (unpaired) electrons. The van der Waals surface area contributed by atoms with E-state index in [0.717, 1.165) is 35.1 Å². The van der Waals surface area contributed by atoms with Gasteiger partial charge in [0, 0.05) is 23.8 Å². The minimum Gasteiger partial charge on any atom is -0.481 e. The molecule has 0 aliphatic heterocycles. The number of fused-ring (bicyclic) bond motifs is 1. The fourth-order valence-corrected chi connectivity index (χ4v) is 4.63. The van der Waals surface area contributed by atoms with Gasteiger partial charge in [0.05, 0.1) is 6.61 Å². The maximum Gasteiger partial charge on any atom is 0.305 e. The second-order valence-electron chi connectivity index (χ2n) is 8.27. The molecule has 2 N–H and O–H groups in total. The molecule has 0 aromatic rings. The van der Waals surface area contributed by atoms with Crippen molar-refractivity contribution in [1.82, 2.24) is 0 Å². The molecule has 1 atom stereocenters. The van der Waals surface area contributed by atoms with Gasteiger partial charge in [-0.15, -0.1) is 0 Å². The fourth-order valence-electron chi connectivity index (χ4n) is 4.63. The number of rotatable bonds is 8. The smallest absolute Gasteiger partial charge is 0.305 e. The van der Waals surface area contributed by atoms with Gasteiger partial charge in [-0.3, -0.25) is 14.4 Å². The van der Waals surface area contributed by atoms with Crippen molar-refractivity contribution in [2.45, 2.75) is 71.3 Å². The van der Waals surface area contributed by atoms with Gasteiger partial charge in [0.2, 0.25) is 0 Å². The zero-order valence-corrected chi connectivity index (χ0v) is 16.8. The van der Waals surface area contributed by atoms with E-state index in [9.17, 15) is 19.5 Å². The Kier molecular flexibility index (Phi) is 5.36. The van der Waals surface area contributed by atoms with Crippen molar-refractivity contribution in [1.29, 1.82) is 0 Å². The van der Waals surface area contributed by atoms with Crippen LogP contribution >= 0.6 is 0 Å². The average molecular weight is 388 g/mol. The Morgan fingerprint density at radius 1 is 1.18 bits per heavy atom. The van der Waals surface area contributed by atoms with Crippen LogP contribution in [0.15, 0.2) is 33.9 Å². The number of aliphatic hydroxyl groups is 1. The Morgan fingerprint density at radius 2 is 1.86 bits per heavy atom. The van der Waals surface area contributed by atoms with Crippen LogP contribution in [0.3, 0.4) is 0 Å². The molecule has 6 nitrogen and oxygen atoms in total. The summed E-state index contributed by atoms with van der Waals surface area (Å²) in [5.41, 5.74) is 3.05. The minimum atomic E-state index is -1.34. The first-order chi connectivity index (χ1) is 13.1. The molecule has 152 valence electrons.